The van der Waals surface area contributed by atoms with Gasteiger partial charge in [-0.1, -0.05) is 20.3 Å². The van der Waals surface area contributed by atoms with Crippen molar-refractivity contribution in [3.63, 3.8) is 0 Å². The molecule has 0 aliphatic rings. The lowest BCUT2D eigenvalue weighted by Gasteiger charge is -2.08. The quantitative estimate of drug-likeness (QED) is 0.288. The molecule has 1 rings (SSSR count). The predicted octanol–water partition coefficient (Wildman–Crippen LogP) is 4.22. The first-order valence-corrected chi connectivity index (χ1v) is 9.39. The third kappa shape index (κ3) is 8.10. The van der Waals surface area contributed by atoms with Crippen molar-refractivity contribution >= 4 is 34.5 Å². The Morgan fingerprint density at radius 1 is 0.833 bits per heavy atom. The number of carbonyl (C=O) groups is 2. The molecule has 0 aliphatic heterocycles. The van der Waals surface area contributed by atoms with Crippen LogP contribution >= 0.6 is 22.6 Å². The van der Waals surface area contributed by atoms with Crippen molar-refractivity contribution in [1.82, 2.24) is 0 Å². The lowest BCUT2D eigenvalue weighted by atomic mass is 10.1. The molecule has 6 heteroatoms. The molecule has 134 valence electrons. The van der Waals surface area contributed by atoms with Gasteiger partial charge in [0.25, 0.3) is 0 Å². The van der Waals surface area contributed by atoms with E-state index >= 15 is 0 Å². The minimum atomic E-state index is -0.438. The Morgan fingerprint density at radius 3 is 1.96 bits per heavy atom. The van der Waals surface area contributed by atoms with Gasteiger partial charge in [0.2, 0.25) is 0 Å². The zero-order valence-electron chi connectivity index (χ0n) is 14.3. The molecule has 0 unspecified atom stereocenters. The predicted molar refractivity (Wildman–Crippen MR) is 100 cm³/mol. The minimum absolute atomic E-state index is 0.296. The molecule has 0 saturated carbocycles. The van der Waals surface area contributed by atoms with E-state index in [4.69, 9.17) is 14.2 Å². The molecule has 5 nitrogen and oxygen atoms in total. The second-order valence-corrected chi connectivity index (χ2v) is 6.57. The van der Waals surface area contributed by atoms with E-state index in [0.29, 0.717) is 44.0 Å². The highest BCUT2D eigenvalue weighted by Gasteiger charge is 2.14. The van der Waals surface area contributed by atoms with Gasteiger partial charge < -0.3 is 14.2 Å². The highest BCUT2D eigenvalue weighted by Crippen LogP contribution is 2.15. The monoisotopic (exact) mass is 448 g/mol. The molecule has 0 saturated heterocycles. The van der Waals surface area contributed by atoms with Crippen LogP contribution in [0.4, 0.5) is 0 Å². The Bertz CT molecular complexity index is 530. The first kappa shape index (κ1) is 20.9. The van der Waals surface area contributed by atoms with Crippen molar-refractivity contribution in [3.05, 3.63) is 32.9 Å². The smallest absolute Gasteiger partial charge is 0.338 e. The van der Waals surface area contributed by atoms with Gasteiger partial charge in [-0.15, -0.1) is 0 Å². The average Bonchev–Trinajstić information content (AvgIpc) is 2.57. The van der Waals surface area contributed by atoms with Gasteiger partial charge in [0.1, 0.15) is 0 Å². The van der Waals surface area contributed by atoms with Crippen molar-refractivity contribution in [1.29, 1.82) is 0 Å². The maximum atomic E-state index is 12.1. The number of unbranched alkanes of at least 4 members (excludes halogenated alkanes) is 1. The molecule has 0 N–H and O–H groups in total. The molecule has 0 aliphatic carbocycles. The first-order chi connectivity index (χ1) is 11.6. The van der Waals surface area contributed by atoms with Gasteiger partial charge in [-0.3, -0.25) is 0 Å². The molecular formula is C18H25IO5. The van der Waals surface area contributed by atoms with Gasteiger partial charge in [-0.2, -0.15) is 0 Å². The molecule has 0 heterocycles. The molecule has 1 aromatic carbocycles. The van der Waals surface area contributed by atoms with E-state index in [-0.39, 0.29) is 0 Å². The summed E-state index contributed by atoms with van der Waals surface area (Å²) in [5.74, 6) is -0.851. The summed E-state index contributed by atoms with van der Waals surface area (Å²) in [6.45, 7) is 6.04. The number of hydrogen-bond donors (Lipinski definition) is 0. The van der Waals surface area contributed by atoms with Gasteiger partial charge >= 0.3 is 11.9 Å². The zero-order chi connectivity index (χ0) is 17.8. The van der Waals surface area contributed by atoms with Crippen molar-refractivity contribution in [2.45, 2.75) is 39.5 Å². The van der Waals surface area contributed by atoms with Gasteiger partial charge in [-0.25, -0.2) is 9.59 Å². The Balaban J connectivity index is 2.54. The highest BCUT2D eigenvalue weighted by atomic mass is 127. The fourth-order valence-electron chi connectivity index (χ4n) is 1.87. The van der Waals surface area contributed by atoms with Crippen LogP contribution < -0.4 is 0 Å². The summed E-state index contributed by atoms with van der Waals surface area (Å²) in [7, 11) is 0. The van der Waals surface area contributed by atoms with Crippen molar-refractivity contribution in [3.8, 4) is 0 Å². The van der Waals surface area contributed by atoms with Crippen LogP contribution in [0.15, 0.2) is 18.2 Å². The summed E-state index contributed by atoms with van der Waals surface area (Å²) in [6.07, 6.45) is 3.41. The number of hydrogen-bond acceptors (Lipinski definition) is 5. The fraction of sp³-hybridized carbons (Fsp3) is 0.556. The van der Waals surface area contributed by atoms with Gasteiger partial charge in [-0.05, 0) is 53.6 Å². The van der Waals surface area contributed by atoms with Crippen LogP contribution in [0.3, 0.4) is 0 Å². The fourth-order valence-corrected chi connectivity index (χ4v) is 2.54. The Labute approximate surface area is 157 Å². The molecule has 0 aromatic heterocycles. The number of esters is 2. The van der Waals surface area contributed by atoms with Crippen LogP contribution in [0, 0.1) is 3.57 Å². The van der Waals surface area contributed by atoms with Crippen LogP contribution in [0.5, 0.6) is 0 Å². The second-order valence-electron chi connectivity index (χ2n) is 5.32. The van der Waals surface area contributed by atoms with E-state index in [0.717, 1.165) is 22.8 Å². The van der Waals surface area contributed by atoms with Crippen molar-refractivity contribution in [2.75, 3.05) is 26.4 Å². The van der Waals surface area contributed by atoms with Crippen molar-refractivity contribution < 1.29 is 23.8 Å². The maximum absolute atomic E-state index is 12.1. The summed E-state index contributed by atoms with van der Waals surface area (Å²) in [5, 5.41) is 0. The van der Waals surface area contributed by atoms with Crippen LogP contribution in [0.25, 0.3) is 0 Å². The SMILES string of the molecule is CCCCOC(=O)c1cc(I)cc(C(=O)OCCCOCCC)c1. The summed E-state index contributed by atoms with van der Waals surface area (Å²) in [5.41, 5.74) is 0.732. The maximum Gasteiger partial charge on any atom is 0.338 e. The molecule has 0 fully saturated rings. The van der Waals surface area contributed by atoms with Crippen LogP contribution in [-0.4, -0.2) is 38.4 Å². The molecule has 0 bridgehead atoms. The van der Waals surface area contributed by atoms with Crippen LogP contribution in [0.2, 0.25) is 0 Å². The summed E-state index contributed by atoms with van der Waals surface area (Å²) >= 11 is 2.07. The van der Waals surface area contributed by atoms with E-state index < -0.39 is 11.9 Å². The molecule has 0 atom stereocenters. The normalized spacial score (nSPS) is 10.5. The van der Waals surface area contributed by atoms with Crippen LogP contribution in [-0.2, 0) is 14.2 Å². The highest BCUT2D eigenvalue weighted by molar-refractivity contribution is 14.1. The molecule has 1 aromatic rings. The Morgan fingerprint density at radius 2 is 1.42 bits per heavy atom. The lowest BCUT2D eigenvalue weighted by Crippen LogP contribution is -2.12. The third-order valence-electron chi connectivity index (χ3n) is 3.11. The van der Waals surface area contributed by atoms with E-state index in [2.05, 4.69) is 22.6 Å². The Kier molecular flexibility index (Phi) is 10.7. The molecule has 24 heavy (non-hydrogen) atoms. The minimum Gasteiger partial charge on any atom is -0.462 e. The number of halogens is 1. The van der Waals surface area contributed by atoms with Gasteiger partial charge in [0.15, 0.2) is 0 Å². The summed E-state index contributed by atoms with van der Waals surface area (Å²) in [4.78, 5) is 24.1. The van der Waals surface area contributed by atoms with E-state index in [1.807, 2.05) is 13.8 Å². The molecule has 0 radical (unpaired) electrons. The number of rotatable bonds is 11. The van der Waals surface area contributed by atoms with Crippen LogP contribution in [0.1, 0.15) is 60.2 Å². The first-order valence-electron chi connectivity index (χ1n) is 8.31. The standard InChI is InChI=1S/C18H25IO5/c1-3-5-9-23-17(20)14-11-15(13-16(19)12-14)18(21)24-10-6-8-22-7-4-2/h11-13H,3-10H2,1-2H3. The van der Waals surface area contributed by atoms with Crippen molar-refractivity contribution in [2.24, 2.45) is 0 Å². The number of ether oxygens (including phenoxy) is 3. The molecule has 0 spiro atoms. The number of benzene rings is 1. The molecule has 0 amide bonds. The van der Waals surface area contributed by atoms with Gasteiger partial charge in [0.05, 0.1) is 24.3 Å². The van der Waals surface area contributed by atoms with E-state index in [1.165, 1.54) is 6.07 Å². The number of carbonyl (C=O) groups excluding carboxylic acids is 2. The lowest BCUT2D eigenvalue weighted by molar-refractivity contribution is 0.0446. The summed E-state index contributed by atoms with van der Waals surface area (Å²) < 4.78 is 16.5. The van der Waals surface area contributed by atoms with Gasteiger partial charge in [0, 0.05) is 23.2 Å². The summed E-state index contributed by atoms with van der Waals surface area (Å²) in [6, 6.07) is 4.91. The largest absolute Gasteiger partial charge is 0.462 e. The third-order valence-corrected chi connectivity index (χ3v) is 3.74. The zero-order valence-corrected chi connectivity index (χ0v) is 16.5. The topological polar surface area (TPSA) is 61.8 Å². The van der Waals surface area contributed by atoms with E-state index in [1.54, 1.807) is 12.1 Å². The second kappa shape index (κ2) is 12.2. The van der Waals surface area contributed by atoms with E-state index in [9.17, 15) is 9.59 Å². The average molecular weight is 448 g/mol. The molecular weight excluding hydrogens is 423 g/mol. The Hall–Kier alpha value is -1.15.